The Labute approximate surface area is 107 Å². The Hall–Kier alpha value is -0.580. The first-order valence-corrected chi connectivity index (χ1v) is 3.87. The molecule has 0 aliphatic carbocycles. The molecule has 0 spiro atoms. The molecule has 1 aromatic rings. The summed E-state index contributed by atoms with van der Waals surface area (Å²) < 4.78 is 5.34. The average molecular weight is 275 g/mol. The van der Waals surface area contributed by atoms with Crippen LogP contribution < -0.4 is 15.4 Å². The summed E-state index contributed by atoms with van der Waals surface area (Å²) in [6.45, 7) is 1.58. The molecule has 0 aromatic carbocycles. The highest BCUT2D eigenvalue weighted by Gasteiger charge is 2.15. The van der Waals surface area contributed by atoms with Gasteiger partial charge in [0, 0.05) is 7.05 Å². The molecule has 0 atom stereocenters. The molecular weight excluding hydrogens is 260 g/mol. The van der Waals surface area contributed by atoms with Crippen LogP contribution in [0.4, 0.5) is 11.4 Å². The number of rotatable bonds is 0. The van der Waals surface area contributed by atoms with Crippen LogP contribution in [0, 0.1) is 0 Å². The number of nitrogens with two attached hydrogens (primary N) is 1. The summed E-state index contributed by atoms with van der Waals surface area (Å²) in [7, 11) is 2.00. The molecule has 2 heterocycles. The SMILES string of the molecule is CN1CCOc2ncc(N)cc21.Cl.Cl.Cl. The van der Waals surface area contributed by atoms with Crippen LogP contribution in [0.2, 0.25) is 0 Å². The molecule has 0 amide bonds. The van der Waals surface area contributed by atoms with Gasteiger partial charge in [-0.2, -0.15) is 0 Å². The number of anilines is 2. The molecule has 1 aliphatic rings. The van der Waals surface area contributed by atoms with E-state index in [-0.39, 0.29) is 37.2 Å². The lowest BCUT2D eigenvalue weighted by atomic mass is 10.3. The van der Waals surface area contributed by atoms with Crippen molar-refractivity contribution in [3.05, 3.63) is 12.3 Å². The second-order valence-corrected chi connectivity index (χ2v) is 2.86. The fourth-order valence-corrected chi connectivity index (χ4v) is 1.24. The summed E-state index contributed by atoms with van der Waals surface area (Å²) in [6, 6.07) is 1.88. The number of fused-ring (bicyclic) bond motifs is 1. The van der Waals surface area contributed by atoms with Crippen LogP contribution in [0.1, 0.15) is 0 Å². The largest absolute Gasteiger partial charge is 0.474 e. The van der Waals surface area contributed by atoms with E-state index in [4.69, 9.17) is 10.5 Å². The van der Waals surface area contributed by atoms with Crippen LogP contribution in [-0.2, 0) is 0 Å². The van der Waals surface area contributed by atoms with Crippen LogP contribution in [0.3, 0.4) is 0 Å². The topological polar surface area (TPSA) is 51.4 Å². The summed E-state index contributed by atoms with van der Waals surface area (Å²) in [5.74, 6) is 0.679. The van der Waals surface area contributed by atoms with Gasteiger partial charge in [-0.05, 0) is 6.07 Å². The Kier molecular flexibility index (Phi) is 7.66. The molecule has 7 heteroatoms. The number of pyridine rings is 1. The van der Waals surface area contributed by atoms with E-state index in [1.54, 1.807) is 6.20 Å². The molecule has 4 nitrogen and oxygen atoms in total. The zero-order valence-corrected chi connectivity index (χ0v) is 10.6. The minimum atomic E-state index is 0. The molecule has 88 valence electrons. The van der Waals surface area contributed by atoms with Crippen LogP contribution in [0.25, 0.3) is 0 Å². The molecule has 1 aromatic heterocycles. The van der Waals surface area contributed by atoms with Crippen molar-refractivity contribution in [1.82, 2.24) is 4.98 Å². The molecule has 0 unspecified atom stereocenters. The number of aromatic nitrogens is 1. The van der Waals surface area contributed by atoms with Crippen LogP contribution in [0.15, 0.2) is 12.3 Å². The van der Waals surface area contributed by atoms with Crippen molar-refractivity contribution in [2.24, 2.45) is 0 Å². The lowest BCUT2D eigenvalue weighted by Gasteiger charge is -2.26. The normalized spacial score (nSPS) is 12.2. The van der Waals surface area contributed by atoms with Gasteiger partial charge in [0.2, 0.25) is 5.88 Å². The van der Waals surface area contributed by atoms with E-state index in [0.29, 0.717) is 18.2 Å². The molecule has 0 saturated carbocycles. The second-order valence-electron chi connectivity index (χ2n) is 2.86. The van der Waals surface area contributed by atoms with E-state index in [9.17, 15) is 0 Å². The van der Waals surface area contributed by atoms with Crippen molar-refractivity contribution in [2.45, 2.75) is 0 Å². The average Bonchev–Trinajstić information content (AvgIpc) is 2.07. The van der Waals surface area contributed by atoms with E-state index in [1.807, 2.05) is 13.1 Å². The number of likely N-dealkylation sites (N-methyl/N-ethyl adjacent to an activating group) is 1. The van der Waals surface area contributed by atoms with Gasteiger partial charge in [-0.15, -0.1) is 37.2 Å². The first kappa shape index (κ1) is 16.8. The van der Waals surface area contributed by atoms with Crippen molar-refractivity contribution in [3.63, 3.8) is 0 Å². The van der Waals surface area contributed by atoms with Gasteiger partial charge in [-0.1, -0.05) is 0 Å². The summed E-state index contributed by atoms with van der Waals surface area (Å²) in [5, 5.41) is 0. The van der Waals surface area contributed by atoms with Gasteiger partial charge in [0.05, 0.1) is 18.4 Å². The van der Waals surface area contributed by atoms with Gasteiger partial charge in [-0.25, -0.2) is 4.98 Å². The highest BCUT2D eigenvalue weighted by Crippen LogP contribution is 2.29. The Morgan fingerprint density at radius 3 is 2.73 bits per heavy atom. The van der Waals surface area contributed by atoms with E-state index in [1.165, 1.54) is 0 Å². The quantitative estimate of drug-likeness (QED) is 0.783. The summed E-state index contributed by atoms with van der Waals surface area (Å²) in [5.41, 5.74) is 7.25. The van der Waals surface area contributed by atoms with Gasteiger partial charge < -0.3 is 15.4 Å². The highest BCUT2D eigenvalue weighted by molar-refractivity contribution is 5.86. The van der Waals surface area contributed by atoms with Crippen molar-refractivity contribution in [3.8, 4) is 5.88 Å². The second kappa shape index (κ2) is 6.82. The van der Waals surface area contributed by atoms with Gasteiger partial charge >= 0.3 is 0 Å². The Morgan fingerprint density at radius 1 is 1.40 bits per heavy atom. The summed E-state index contributed by atoms with van der Waals surface area (Å²) >= 11 is 0. The maximum atomic E-state index is 5.60. The van der Waals surface area contributed by atoms with Crippen molar-refractivity contribution in [2.75, 3.05) is 30.8 Å². The standard InChI is InChI=1S/C8H11N3O.3ClH/c1-11-2-3-12-8-7(11)4-6(9)5-10-8;;;/h4-5H,2-3,9H2,1H3;3*1H. The molecule has 0 bridgehead atoms. The lowest BCUT2D eigenvalue weighted by Crippen LogP contribution is -2.29. The fraction of sp³-hybridized carbons (Fsp3) is 0.375. The van der Waals surface area contributed by atoms with E-state index in [0.717, 1.165) is 12.2 Å². The molecular formula is C8H14Cl3N3O. The molecule has 0 fully saturated rings. The first-order valence-electron chi connectivity index (χ1n) is 3.87. The van der Waals surface area contributed by atoms with Crippen molar-refractivity contribution in [1.29, 1.82) is 0 Å². The number of ether oxygens (including phenoxy) is 1. The molecule has 0 saturated heterocycles. The van der Waals surface area contributed by atoms with Crippen LogP contribution >= 0.6 is 37.2 Å². The number of hydrogen-bond donors (Lipinski definition) is 1. The number of hydrogen-bond acceptors (Lipinski definition) is 4. The van der Waals surface area contributed by atoms with E-state index >= 15 is 0 Å². The minimum Gasteiger partial charge on any atom is -0.474 e. The molecule has 2 rings (SSSR count). The zero-order valence-electron chi connectivity index (χ0n) is 8.17. The smallest absolute Gasteiger partial charge is 0.237 e. The molecule has 15 heavy (non-hydrogen) atoms. The van der Waals surface area contributed by atoms with Crippen LogP contribution in [-0.4, -0.2) is 25.2 Å². The number of nitrogens with zero attached hydrogens (tertiary/aromatic N) is 2. The predicted molar refractivity (Wildman–Crippen MR) is 69.2 cm³/mol. The predicted octanol–water partition coefficient (Wildman–Crippen LogP) is 1.76. The minimum absolute atomic E-state index is 0. The first-order chi connectivity index (χ1) is 5.77. The fourth-order valence-electron chi connectivity index (χ4n) is 1.24. The monoisotopic (exact) mass is 273 g/mol. The number of nitrogen functional groups attached to an aromatic ring is 1. The van der Waals surface area contributed by atoms with Crippen molar-refractivity contribution < 1.29 is 4.74 Å². The van der Waals surface area contributed by atoms with Gasteiger partial charge in [-0.3, -0.25) is 0 Å². The molecule has 1 aliphatic heterocycles. The highest BCUT2D eigenvalue weighted by atomic mass is 35.5. The van der Waals surface area contributed by atoms with Gasteiger partial charge in [0.15, 0.2) is 0 Å². The van der Waals surface area contributed by atoms with Gasteiger partial charge in [0.1, 0.15) is 12.3 Å². The maximum absolute atomic E-state index is 5.60. The number of halogens is 3. The summed E-state index contributed by atoms with van der Waals surface area (Å²) in [4.78, 5) is 6.17. The zero-order chi connectivity index (χ0) is 8.55. The molecule has 0 radical (unpaired) electrons. The molecule has 2 N–H and O–H groups in total. The lowest BCUT2D eigenvalue weighted by molar-refractivity contribution is 0.299. The van der Waals surface area contributed by atoms with Gasteiger partial charge in [0.25, 0.3) is 0 Å². The third-order valence-electron chi connectivity index (χ3n) is 1.93. The summed E-state index contributed by atoms with van der Waals surface area (Å²) in [6.07, 6.45) is 1.61. The van der Waals surface area contributed by atoms with E-state index < -0.39 is 0 Å². The Morgan fingerprint density at radius 2 is 2.07 bits per heavy atom. The van der Waals surface area contributed by atoms with Crippen molar-refractivity contribution >= 4 is 48.6 Å². The third-order valence-corrected chi connectivity index (χ3v) is 1.93. The maximum Gasteiger partial charge on any atom is 0.237 e. The third kappa shape index (κ3) is 3.48. The Balaban J connectivity index is 0. The Bertz CT molecular complexity index is 311. The van der Waals surface area contributed by atoms with E-state index in [2.05, 4.69) is 9.88 Å². The van der Waals surface area contributed by atoms with Crippen LogP contribution in [0.5, 0.6) is 5.88 Å².